The molecule has 0 spiro atoms. The van der Waals surface area contributed by atoms with Gasteiger partial charge in [-0.3, -0.25) is 9.48 Å². The Hall–Kier alpha value is -4.47. The van der Waals surface area contributed by atoms with E-state index < -0.39 is 5.60 Å². The number of benzene rings is 3. The van der Waals surface area contributed by atoms with Gasteiger partial charge in [0.2, 0.25) is 0 Å². The lowest BCUT2D eigenvalue weighted by molar-refractivity contribution is 0.0398. The van der Waals surface area contributed by atoms with Crippen molar-refractivity contribution in [2.75, 3.05) is 6.54 Å². The second kappa shape index (κ2) is 13.1. The zero-order chi connectivity index (χ0) is 33.5. The van der Waals surface area contributed by atoms with Crippen molar-refractivity contribution in [3.63, 3.8) is 0 Å². The molecule has 3 aliphatic rings. The number of aryl methyl sites for hydroxylation is 1. The van der Waals surface area contributed by atoms with Gasteiger partial charge in [-0.15, -0.1) is 11.7 Å². The molecule has 9 heteroatoms. The van der Waals surface area contributed by atoms with E-state index in [0.717, 1.165) is 84.3 Å². The molecule has 1 N–H and O–H groups in total. The van der Waals surface area contributed by atoms with Gasteiger partial charge in [0, 0.05) is 30.1 Å². The van der Waals surface area contributed by atoms with E-state index in [-0.39, 0.29) is 22.4 Å². The summed E-state index contributed by atoms with van der Waals surface area (Å²) in [7, 11) is 0. The second-order valence-corrected chi connectivity index (χ2v) is 15.0. The number of para-hydroxylation sites is 1. The normalized spacial score (nSPS) is 22.3. The number of aliphatic hydroxyl groups is 1. The first-order valence-electron chi connectivity index (χ1n) is 17.3. The molecule has 2 aromatic heterocycles. The highest BCUT2D eigenvalue weighted by Crippen LogP contribution is 2.51. The first kappa shape index (κ1) is 31.8. The van der Waals surface area contributed by atoms with Crippen LogP contribution in [0.1, 0.15) is 60.6 Å². The molecule has 3 fully saturated rings. The van der Waals surface area contributed by atoms with Crippen molar-refractivity contribution in [3.8, 4) is 22.8 Å². The predicted octanol–water partition coefficient (Wildman–Crippen LogP) is 8.85. The van der Waals surface area contributed by atoms with Gasteiger partial charge < -0.3 is 14.7 Å². The van der Waals surface area contributed by atoms with Gasteiger partial charge in [0.1, 0.15) is 22.8 Å². The molecule has 1 amide bonds. The minimum atomic E-state index is -0.857. The van der Waals surface area contributed by atoms with Crippen LogP contribution in [0.15, 0.2) is 97.7 Å². The van der Waals surface area contributed by atoms with Crippen molar-refractivity contribution in [2.24, 2.45) is 11.8 Å². The fourth-order valence-electron chi connectivity index (χ4n) is 7.97. The van der Waals surface area contributed by atoms with Crippen molar-refractivity contribution in [1.29, 1.82) is 0 Å². The maximum Gasteiger partial charge on any atom is 0.282 e. The Morgan fingerprint density at radius 3 is 2.61 bits per heavy atom. The van der Waals surface area contributed by atoms with Crippen LogP contribution in [0.3, 0.4) is 0 Å². The summed E-state index contributed by atoms with van der Waals surface area (Å²) in [5, 5.41) is 21.1. The molecule has 4 atom stereocenters. The van der Waals surface area contributed by atoms with E-state index in [0.29, 0.717) is 18.2 Å². The molecule has 5 aromatic rings. The van der Waals surface area contributed by atoms with Gasteiger partial charge in [0.05, 0.1) is 22.7 Å². The number of hydrogen-bond acceptors (Lipinski definition) is 7. The van der Waals surface area contributed by atoms with Crippen LogP contribution in [0.25, 0.3) is 22.2 Å². The third-order valence-electron chi connectivity index (χ3n) is 10.7. The summed E-state index contributed by atoms with van der Waals surface area (Å²) in [6.45, 7) is 7.70. The van der Waals surface area contributed by atoms with E-state index in [1.165, 1.54) is 17.3 Å². The van der Waals surface area contributed by atoms with Crippen LogP contribution in [0, 0.1) is 18.8 Å². The zero-order valence-corrected chi connectivity index (χ0v) is 28.6. The number of pyridine rings is 1. The molecule has 2 saturated heterocycles. The summed E-state index contributed by atoms with van der Waals surface area (Å²) in [5.74, 6) is 2.06. The molecule has 0 radical (unpaired) electrons. The van der Waals surface area contributed by atoms with Crippen molar-refractivity contribution < 1.29 is 14.6 Å². The average Bonchev–Trinajstić information content (AvgIpc) is 3.87. The van der Waals surface area contributed by atoms with E-state index in [2.05, 4.69) is 65.1 Å². The third-order valence-corrected chi connectivity index (χ3v) is 11.9. The summed E-state index contributed by atoms with van der Waals surface area (Å²) in [6.07, 6.45) is 9.26. The molecule has 8 rings (SSSR count). The van der Waals surface area contributed by atoms with E-state index in [1.54, 1.807) is 0 Å². The predicted molar refractivity (Wildman–Crippen MR) is 193 cm³/mol. The van der Waals surface area contributed by atoms with Crippen LogP contribution in [0.5, 0.6) is 11.5 Å². The first-order valence-corrected chi connectivity index (χ1v) is 18.2. The third kappa shape index (κ3) is 6.26. The monoisotopic (exact) mass is 671 g/mol. The van der Waals surface area contributed by atoms with E-state index in [1.807, 2.05) is 59.4 Å². The maximum absolute atomic E-state index is 13.5. The van der Waals surface area contributed by atoms with Gasteiger partial charge in [-0.1, -0.05) is 65.7 Å². The number of carbonyl (C=O) groups is 1. The molecular weight excluding hydrogens is 631 g/mol. The smallest absolute Gasteiger partial charge is 0.282 e. The van der Waals surface area contributed by atoms with Gasteiger partial charge >= 0.3 is 0 Å². The van der Waals surface area contributed by atoms with E-state index in [4.69, 9.17) is 9.72 Å². The molecule has 0 unspecified atom stereocenters. The largest absolute Gasteiger partial charge is 0.457 e. The SMILES string of the molecule is C=C[C@@H](Cn1cc(C2(O)CCCC2)nn1)[C@H]1CCN2C(=O)S[C@@H](c3cc(-c4ccc(Oc5ccccc5)cc4)nc4ccc(C)cc34)[C@@H]2C1. The summed E-state index contributed by atoms with van der Waals surface area (Å²) in [4.78, 5) is 20.7. The maximum atomic E-state index is 13.5. The molecule has 250 valence electrons. The number of carbonyl (C=O) groups excluding carboxylic acids is 1. The van der Waals surface area contributed by atoms with Crippen molar-refractivity contribution in [2.45, 2.75) is 68.9 Å². The van der Waals surface area contributed by atoms with Gasteiger partial charge in [0.25, 0.3) is 5.24 Å². The molecule has 0 bridgehead atoms. The lowest BCUT2D eigenvalue weighted by atomic mass is 9.79. The van der Waals surface area contributed by atoms with Crippen LogP contribution < -0.4 is 4.74 Å². The Balaban J connectivity index is 1.07. The number of fused-ring (bicyclic) bond motifs is 2. The Bertz CT molecular complexity index is 1990. The Morgan fingerprint density at radius 1 is 1.06 bits per heavy atom. The molecule has 8 nitrogen and oxygen atoms in total. The molecule has 4 heterocycles. The van der Waals surface area contributed by atoms with Crippen LogP contribution in [0.2, 0.25) is 0 Å². The number of allylic oxidation sites excluding steroid dienone is 1. The molecular formula is C40H41N5O3S. The number of amides is 1. The molecule has 49 heavy (non-hydrogen) atoms. The summed E-state index contributed by atoms with van der Waals surface area (Å²) in [6, 6.07) is 26.5. The van der Waals surface area contributed by atoms with Crippen LogP contribution in [-0.4, -0.2) is 47.8 Å². The quantitative estimate of drug-likeness (QED) is 0.157. The highest BCUT2D eigenvalue weighted by atomic mass is 32.2. The van der Waals surface area contributed by atoms with Gasteiger partial charge in [0.15, 0.2) is 0 Å². The number of piperidine rings is 1. The number of ether oxygens (including phenoxy) is 1. The minimum Gasteiger partial charge on any atom is -0.457 e. The Kier molecular flexibility index (Phi) is 8.49. The standard InChI is InChI=1S/C40H41N5O3S/c1-3-27(24-44-25-37(42-43-44)40(47)18-7-8-19-40)29-17-20-45-36(22-29)38(49-39(45)46)33-23-35(41-34-16-11-26(2)21-32(33)34)28-12-14-31(15-13-28)48-30-9-5-4-6-10-30/h3-6,9-16,21,23,25,27,29,36,38,47H,1,7-8,17-20,22,24H2,2H3/t27-,29-,36-,38-/m0/s1. The Labute approximate surface area is 291 Å². The molecule has 1 aliphatic carbocycles. The van der Waals surface area contributed by atoms with Crippen molar-refractivity contribution in [3.05, 3.63) is 115 Å². The van der Waals surface area contributed by atoms with Crippen LogP contribution in [-0.2, 0) is 12.1 Å². The number of rotatable bonds is 9. The zero-order valence-electron chi connectivity index (χ0n) is 27.7. The Morgan fingerprint density at radius 2 is 1.84 bits per heavy atom. The summed E-state index contributed by atoms with van der Waals surface area (Å²) < 4.78 is 7.91. The highest BCUT2D eigenvalue weighted by molar-refractivity contribution is 8.14. The van der Waals surface area contributed by atoms with E-state index in [9.17, 15) is 9.90 Å². The summed E-state index contributed by atoms with van der Waals surface area (Å²) >= 11 is 1.45. The van der Waals surface area contributed by atoms with Gasteiger partial charge in [-0.25, -0.2) is 4.98 Å². The van der Waals surface area contributed by atoms with Gasteiger partial charge in [-0.05, 0) is 105 Å². The fourth-order valence-corrected chi connectivity index (χ4v) is 9.29. The number of aromatic nitrogens is 4. The molecule has 3 aromatic carbocycles. The van der Waals surface area contributed by atoms with E-state index >= 15 is 0 Å². The fraction of sp³-hybridized carbons (Fsp3) is 0.350. The topological polar surface area (TPSA) is 93.4 Å². The number of nitrogens with zero attached hydrogens (tertiary/aromatic N) is 5. The van der Waals surface area contributed by atoms with Gasteiger partial charge in [-0.2, -0.15) is 0 Å². The number of hydrogen-bond donors (Lipinski definition) is 1. The van der Waals surface area contributed by atoms with Crippen LogP contribution in [0.4, 0.5) is 4.79 Å². The minimum absolute atomic E-state index is 0.0258. The molecule has 2 aliphatic heterocycles. The van der Waals surface area contributed by atoms with Crippen LogP contribution >= 0.6 is 11.8 Å². The lowest BCUT2D eigenvalue weighted by Gasteiger charge is -2.39. The average molecular weight is 672 g/mol. The number of thioether (sulfide) groups is 1. The summed E-state index contributed by atoms with van der Waals surface area (Å²) in [5.41, 5.74) is 4.94. The van der Waals surface area contributed by atoms with Crippen molar-refractivity contribution in [1.82, 2.24) is 24.9 Å². The molecule has 1 saturated carbocycles. The lowest BCUT2D eigenvalue weighted by Crippen LogP contribution is -2.43. The first-order chi connectivity index (χ1) is 23.9. The second-order valence-electron chi connectivity index (χ2n) is 13.9. The highest BCUT2D eigenvalue weighted by Gasteiger charge is 2.46. The van der Waals surface area contributed by atoms with Crippen molar-refractivity contribution >= 4 is 27.9 Å².